The van der Waals surface area contributed by atoms with Gasteiger partial charge in [-0.25, -0.2) is 8.42 Å². The third kappa shape index (κ3) is 6.68. The highest BCUT2D eigenvalue weighted by atomic mass is 32.2. The molecule has 0 fully saturated rings. The largest absolute Gasteiger partial charge is 0.322 e. The maximum Gasteiger partial charge on any atom is 0.179 e. The minimum atomic E-state index is -3.22. The Kier molecular flexibility index (Phi) is 7.46. The highest BCUT2D eigenvalue weighted by Crippen LogP contribution is 2.12. The van der Waals surface area contributed by atoms with Crippen molar-refractivity contribution in [1.29, 1.82) is 0 Å². The molecule has 6 nitrogen and oxygen atoms in total. The van der Waals surface area contributed by atoms with Crippen LogP contribution in [0.1, 0.15) is 40.3 Å². The van der Waals surface area contributed by atoms with E-state index in [9.17, 15) is 8.42 Å². The van der Waals surface area contributed by atoms with E-state index in [1.807, 2.05) is 27.7 Å². The molecule has 0 amide bonds. The minimum absolute atomic E-state index is 0.0676. The maximum absolute atomic E-state index is 11.8. The number of sulfone groups is 1. The molecule has 140 valence electrons. The Morgan fingerprint density at radius 3 is 2.56 bits per heavy atom. The van der Waals surface area contributed by atoms with E-state index in [0.29, 0.717) is 12.2 Å². The molecule has 0 aliphatic carbocycles. The first-order valence-corrected chi connectivity index (χ1v) is 10.1. The molecule has 0 unspecified atom stereocenters. The number of pyridine rings is 1. The van der Waals surface area contributed by atoms with E-state index in [4.69, 9.17) is 5.73 Å². The highest BCUT2D eigenvalue weighted by molar-refractivity contribution is 7.91. The van der Waals surface area contributed by atoms with Gasteiger partial charge in [-0.15, -0.1) is 0 Å². The molecule has 0 aromatic carbocycles. The van der Waals surface area contributed by atoms with Gasteiger partial charge in [0.1, 0.15) is 0 Å². The number of nitrogens with one attached hydrogen (secondary N) is 1. The maximum atomic E-state index is 11.8. The summed E-state index contributed by atoms with van der Waals surface area (Å²) in [6.07, 6.45) is 3.19. The number of rotatable bonds is 9. The van der Waals surface area contributed by atoms with Crippen LogP contribution in [-0.4, -0.2) is 36.9 Å². The first-order valence-electron chi connectivity index (χ1n) is 8.41. The molecule has 0 spiro atoms. The second-order valence-electron chi connectivity index (χ2n) is 6.98. The lowest BCUT2D eigenvalue weighted by Crippen LogP contribution is -2.40. The lowest BCUT2D eigenvalue weighted by atomic mass is 10.0. The summed E-state index contributed by atoms with van der Waals surface area (Å²) in [6.45, 7) is 14.1. The number of aliphatic imine (C=N–C) groups is 1. The van der Waals surface area contributed by atoms with Crippen LogP contribution < -0.4 is 11.1 Å². The first-order chi connectivity index (χ1) is 11.5. The van der Waals surface area contributed by atoms with Gasteiger partial charge in [0, 0.05) is 36.2 Å². The van der Waals surface area contributed by atoms with Crippen LogP contribution in [0.25, 0.3) is 0 Å². The Morgan fingerprint density at radius 2 is 2.08 bits per heavy atom. The van der Waals surface area contributed by atoms with Gasteiger partial charge in [0.15, 0.2) is 9.84 Å². The van der Waals surface area contributed by atoms with Gasteiger partial charge in [-0.1, -0.05) is 27.4 Å². The summed E-state index contributed by atoms with van der Waals surface area (Å²) < 4.78 is 23.6. The quantitative estimate of drug-likeness (QED) is 0.654. The summed E-state index contributed by atoms with van der Waals surface area (Å²) >= 11 is 0. The van der Waals surface area contributed by atoms with Crippen molar-refractivity contribution in [2.45, 2.75) is 57.6 Å². The van der Waals surface area contributed by atoms with Crippen molar-refractivity contribution in [3.05, 3.63) is 36.3 Å². The first kappa shape index (κ1) is 21.5. The number of nitrogens with zero attached hydrogens (tertiary/aromatic N) is 2. The van der Waals surface area contributed by atoms with Crippen molar-refractivity contribution < 1.29 is 8.42 Å². The molecule has 0 aliphatic heterocycles. The third-order valence-electron chi connectivity index (χ3n) is 3.92. The molecular weight excluding hydrogens is 336 g/mol. The summed E-state index contributed by atoms with van der Waals surface area (Å²) in [4.78, 5) is 8.85. The Labute approximate surface area is 151 Å². The molecule has 7 heteroatoms. The fourth-order valence-electron chi connectivity index (χ4n) is 1.95. The minimum Gasteiger partial charge on any atom is -0.322 e. The molecule has 0 saturated heterocycles. The van der Waals surface area contributed by atoms with Crippen LogP contribution in [0.3, 0.4) is 0 Å². The number of nitrogens with two attached hydrogens (primary N) is 1. The standard InChI is InChI=1S/C18H30N4O2S/c1-7-25(23,24)16-9-8-15(20-11-16)10-22-18(5,6)12-21-14(4)17(19)13(2)3/h8-9,11-13,17,22H,4,7,10,19H2,1-3,5-6H3/t17-/m0/s1. The van der Waals surface area contributed by atoms with Crippen LogP contribution in [0.15, 0.2) is 40.5 Å². The van der Waals surface area contributed by atoms with Crippen molar-refractivity contribution in [3.8, 4) is 0 Å². The van der Waals surface area contributed by atoms with Gasteiger partial charge in [0.25, 0.3) is 0 Å². The summed E-state index contributed by atoms with van der Waals surface area (Å²) in [5.74, 6) is 0.348. The van der Waals surface area contributed by atoms with Crippen LogP contribution in [0.2, 0.25) is 0 Å². The molecule has 3 N–H and O–H groups in total. The monoisotopic (exact) mass is 366 g/mol. The zero-order valence-electron chi connectivity index (χ0n) is 15.8. The van der Waals surface area contributed by atoms with Crippen molar-refractivity contribution in [2.75, 3.05) is 5.75 Å². The van der Waals surface area contributed by atoms with Crippen molar-refractivity contribution in [3.63, 3.8) is 0 Å². The molecule has 0 radical (unpaired) electrons. The lowest BCUT2D eigenvalue weighted by Gasteiger charge is -2.22. The Balaban J connectivity index is 2.68. The summed E-state index contributed by atoms with van der Waals surface area (Å²) in [6, 6.07) is 3.14. The molecule has 0 bridgehead atoms. The summed E-state index contributed by atoms with van der Waals surface area (Å²) in [5, 5.41) is 3.33. The normalized spacial score (nSPS) is 14.2. The topological polar surface area (TPSA) is 97.4 Å². The van der Waals surface area contributed by atoms with Gasteiger partial charge >= 0.3 is 0 Å². The molecular formula is C18H30N4O2S. The van der Waals surface area contributed by atoms with Crippen LogP contribution in [0.4, 0.5) is 0 Å². The molecule has 1 aromatic heterocycles. The predicted molar refractivity (Wildman–Crippen MR) is 103 cm³/mol. The predicted octanol–water partition coefficient (Wildman–Crippen LogP) is 2.31. The van der Waals surface area contributed by atoms with Gasteiger partial charge < -0.3 is 11.1 Å². The fourth-order valence-corrected chi connectivity index (χ4v) is 2.77. The van der Waals surface area contributed by atoms with E-state index < -0.39 is 9.84 Å². The van der Waals surface area contributed by atoms with Crippen molar-refractivity contribution in [2.24, 2.45) is 16.6 Å². The lowest BCUT2D eigenvalue weighted by molar-refractivity contribution is 0.504. The molecule has 25 heavy (non-hydrogen) atoms. The van der Waals surface area contributed by atoms with Crippen LogP contribution in [0.5, 0.6) is 0 Å². The van der Waals surface area contributed by atoms with Crippen LogP contribution >= 0.6 is 0 Å². The van der Waals surface area contributed by atoms with E-state index in [1.54, 1.807) is 25.3 Å². The van der Waals surface area contributed by atoms with Crippen molar-refractivity contribution >= 4 is 16.1 Å². The average Bonchev–Trinajstić information content (AvgIpc) is 2.57. The highest BCUT2D eigenvalue weighted by Gasteiger charge is 2.17. The molecule has 0 aliphatic rings. The van der Waals surface area contributed by atoms with Gasteiger partial charge in [-0.05, 0) is 31.9 Å². The molecule has 1 heterocycles. The Hall–Kier alpha value is -1.57. The number of hydrogen-bond acceptors (Lipinski definition) is 6. The van der Waals surface area contributed by atoms with E-state index >= 15 is 0 Å². The van der Waals surface area contributed by atoms with E-state index in [0.717, 1.165) is 5.69 Å². The fraction of sp³-hybridized carbons (Fsp3) is 0.556. The summed E-state index contributed by atoms with van der Waals surface area (Å²) in [7, 11) is -3.22. The Morgan fingerprint density at radius 1 is 1.44 bits per heavy atom. The third-order valence-corrected chi connectivity index (χ3v) is 5.64. The second-order valence-corrected chi connectivity index (χ2v) is 9.26. The zero-order valence-corrected chi connectivity index (χ0v) is 16.6. The van der Waals surface area contributed by atoms with E-state index in [-0.39, 0.29) is 28.1 Å². The van der Waals surface area contributed by atoms with Gasteiger partial charge in [-0.2, -0.15) is 0 Å². The van der Waals surface area contributed by atoms with Crippen LogP contribution in [-0.2, 0) is 16.4 Å². The van der Waals surface area contributed by atoms with Crippen LogP contribution in [0, 0.1) is 5.92 Å². The smallest absolute Gasteiger partial charge is 0.179 e. The molecule has 1 rings (SSSR count). The average molecular weight is 367 g/mol. The zero-order chi connectivity index (χ0) is 19.3. The second kappa shape index (κ2) is 8.69. The van der Waals surface area contributed by atoms with Gasteiger partial charge in [0.05, 0.1) is 16.3 Å². The Bertz CT molecular complexity index is 707. The molecule has 1 aromatic rings. The van der Waals surface area contributed by atoms with Gasteiger partial charge in [-0.3, -0.25) is 9.98 Å². The van der Waals surface area contributed by atoms with E-state index in [2.05, 4.69) is 21.9 Å². The van der Waals surface area contributed by atoms with E-state index in [1.165, 1.54) is 6.20 Å². The van der Waals surface area contributed by atoms with Crippen molar-refractivity contribution in [1.82, 2.24) is 10.3 Å². The molecule has 0 saturated carbocycles. The van der Waals surface area contributed by atoms with Gasteiger partial charge in [0.2, 0.25) is 0 Å². The summed E-state index contributed by atoms with van der Waals surface area (Å²) in [5.41, 5.74) is 7.05. The SMILES string of the molecule is C=C(N=CC(C)(C)NCc1ccc(S(=O)(=O)CC)cn1)[C@@H](N)C(C)C. The molecule has 1 atom stereocenters. The number of aromatic nitrogens is 1. The number of hydrogen-bond donors (Lipinski definition) is 2.